The van der Waals surface area contributed by atoms with E-state index in [0.717, 1.165) is 6.54 Å². The highest BCUT2D eigenvalue weighted by molar-refractivity contribution is 5.99. The molecule has 0 spiro atoms. The first kappa shape index (κ1) is 27.9. The van der Waals surface area contributed by atoms with Gasteiger partial charge in [0.25, 0.3) is 0 Å². The normalized spacial score (nSPS) is 18.1. The van der Waals surface area contributed by atoms with E-state index < -0.39 is 18.3 Å². The molecular weight excluding hydrogens is 501 g/mol. The number of anilines is 3. The fourth-order valence-corrected chi connectivity index (χ4v) is 4.43. The van der Waals surface area contributed by atoms with Gasteiger partial charge in [-0.15, -0.1) is 0 Å². The summed E-state index contributed by atoms with van der Waals surface area (Å²) in [6.07, 6.45) is 1.78. The largest absolute Gasteiger partial charge is 0.495 e. The molecule has 1 aliphatic heterocycles. The zero-order chi connectivity index (χ0) is 27.9. The van der Waals surface area contributed by atoms with Crippen LogP contribution in [-0.4, -0.2) is 78.4 Å². The molecule has 4 rings (SSSR count). The minimum absolute atomic E-state index is 0.261. The number of ether oxygens (including phenoxy) is 1. The van der Waals surface area contributed by atoms with Crippen LogP contribution in [0.5, 0.6) is 5.75 Å². The highest BCUT2D eigenvalue weighted by atomic mass is 19.1. The Morgan fingerprint density at radius 1 is 1.38 bits per heavy atom. The lowest BCUT2D eigenvalue weighted by atomic mass is 10.0. The van der Waals surface area contributed by atoms with Crippen LogP contribution in [0.1, 0.15) is 23.9 Å². The predicted octanol–water partition coefficient (Wildman–Crippen LogP) is 2.60. The van der Waals surface area contributed by atoms with E-state index in [4.69, 9.17) is 4.74 Å². The van der Waals surface area contributed by atoms with Crippen LogP contribution in [0.15, 0.2) is 49.2 Å². The molecule has 0 radical (unpaired) electrons. The van der Waals surface area contributed by atoms with Crippen LogP contribution in [0.25, 0.3) is 5.65 Å². The van der Waals surface area contributed by atoms with Crippen molar-refractivity contribution >= 4 is 28.7 Å². The number of hydrogen-bond donors (Lipinski definition) is 5. The van der Waals surface area contributed by atoms with E-state index in [-0.39, 0.29) is 12.6 Å². The molecule has 1 aliphatic rings. The van der Waals surface area contributed by atoms with Gasteiger partial charge >= 0.3 is 0 Å². The minimum Gasteiger partial charge on any atom is -0.495 e. The number of rotatable bonds is 9. The Labute approximate surface area is 227 Å². The minimum atomic E-state index is -1.02. The molecule has 206 valence electrons. The van der Waals surface area contributed by atoms with Crippen LogP contribution in [0.4, 0.5) is 21.6 Å². The van der Waals surface area contributed by atoms with E-state index in [1.807, 2.05) is 24.1 Å². The van der Waals surface area contributed by atoms with Gasteiger partial charge < -0.3 is 30.7 Å². The number of carbonyl (C=O) groups is 1. The van der Waals surface area contributed by atoms with Gasteiger partial charge in [-0.25, -0.2) is 9.37 Å². The van der Waals surface area contributed by atoms with E-state index in [2.05, 4.69) is 44.7 Å². The highest BCUT2D eigenvalue weighted by Gasteiger charge is 2.28. The van der Waals surface area contributed by atoms with Crippen molar-refractivity contribution in [3.63, 3.8) is 0 Å². The molecule has 11 heteroatoms. The number of halogens is 1. The van der Waals surface area contributed by atoms with Gasteiger partial charge in [-0.05, 0) is 62.3 Å². The van der Waals surface area contributed by atoms with Crippen LogP contribution in [-0.2, 0) is 4.79 Å². The number of fused-ring (bicyclic) bond motifs is 1. The number of aliphatic hydroxyl groups excluding tert-OH is 1. The van der Waals surface area contributed by atoms with Crippen molar-refractivity contribution in [1.29, 1.82) is 0 Å². The zero-order valence-corrected chi connectivity index (χ0v) is 22.3. The fraction of sp³-hybridized carbons (Fsp3) is 0.357. The Balaban J connectivity index is 1.59. The molecule has 0 saturated carbocycles. The van der Waals surface area contributed by atoms with Gasteiger partial charge in [-0.2, -0.15) is 0 Å². The lowest BCUT2D eigenvalue weighted by Crippen LogP contribution is -2.46. The molecule has 3 heterocycles. The summed E-state index contributed by atoms with van der Waals surface area (Å²) in [6.45, 7) is 4.95. The number of likely N-dealkylation sites (tertiary alicyclic amines) is 1. The van der Waals surface area contributed by atoms with E-state index in [9.17, 15) is 14.3 Å². The lowest BCUT2D eigenvalue weighted by Gasteiger charge is -2.33. The average Bonchev–Trinajstić information content (AvgIpc) is 3.29. The highest BCUT2D eigenvalue weighted by Crippen LogP contribution is 2.28. The number of imidazole rings is 1. The smallest absolute Gasteiger partial charge is 0.248 e. The summed E-state index contributed by atoms with van der Waals surface area (Å²) in [6, 6.07) is 8.63. The van der Waals surface area contributed by atoms with Crippen LogP contribution in [0.2, 0.25) is 0 Å². The summed E-state index contributed by atoms with van der Waals surface area (Å²) in [5.41, 5.74) is 2.92. The van der Waals surface area contributed by atoms with Crippen molar-refractivity contribution < 1.29 is 19.0 Å². The molecule has 3 aromatic rings. The van der Waals surface area contributed by atoms with Gasteiger partial charge in [0.15, 0.2) is 17.2 Å². The van der Waals surface area contributed by atoms with Gasteiger partial charge in [0, 0.05) is 19.3 Å². The molecule has 39 heavy (non-hydrogen) atoms. The molecule has 2 aromatic heterocycles. The molecule has 3 atom stereocenters. The van der Waals surface area contributed by atoms with Crippen molar-refractivity contribution in [2.75, 3.05) is 56.8 Å². The third-order valence-electron chi connectivity index (χ3n) is 6.55. The average molecular weight is 536 g/mol. The van der Waals surface area contributed by atoms with Crippen molar-refractivity contribution in [3.05, 3.63) is 60.4 Å². The molecule has 1 unspecified atom stereocenters. The number of aliphatic hydroxyl groups is 1. The number of amides is 1. The van der Waals surface area contributed by atoms with Crippen LogP contribution in [0.3, 0.4) is 0 Å². The maximum Gasteiger partial charge on any atom is 0.248 e. The molecule has 0 bridgehead atoms. The van der Waals surface area contributed by atoms with Gasteiger partial charge in [0.2, 0.25) is 5.91 Å². The Morgan fingerprint density at radius 3 is 2.92 bits per heavy atom. The molecular formula is C28H34FN7O3. The third kappa shape index (κ3) is 6.49. The number of aromatic nitrogens is 2. The summed E-state index contributed by atoms with van der Waals surface area (Å²) >= 11 is 0. The first-order chi connectivity index (χ1) is 18.8. The Morgan fingerprint density at radius 2 is 2.21 bits per heavy atom. The lowest BCUT2D eigenvalue weighted by molar-refractivity contribution is -0.111. The number of pyridine rings is 1. The molecule has 1 saturated heterocycles. The van der Waals surface area contributed by atoms with Gasteiger partial charge in [0.1, 0.15) is 18.1 Å². The molecule has 1 amide bonds. The van der Waals surface area contributed by atoms with Crippen molar-refractivity contribution in [3.8, 4) is 17.6 Å². The van der Waals surface area contributed by atoms with Crippen molar-refractivity contribution in [2.24, 2.45) is 0 Å². The molecule has 0 aliphatic carbocycles. The fourth-order valence-electron chi connectivity index (χ4n) is 4.43. The van der Waals surface area contributed by atoms with Crippen LogP contribution < -0.4 is 26.0 Å². The number of piperidine rings is 1. The number of hydrogen-bond acceptors (Lipinski definition) is 8. The SMILES string of the molecule is C=CC(=O)Nc1c(C#CCNc2ccc(C(O)NC)cc2OC)nc2c(N[C@@H]3CCN(C)C[C@@H]3F)cccn12. The van der Waals surface area contributed by atoms with Crippen molar-refractivity contribution in [2.45, 2.75) is 24.9 Å². The van der Waals surface area contributed by atoms with E-state index in [1.54, 1.807) is 43.0 Å². The second-order valence-electron chi connectivity index (χ2n) is 9.24. The maximum atomic E-state index is 14.7. The first-order valence-electron chi connectivity index (χ1n) is 12.6. The molecule has 1 fully saturated rings. The van der Waals surface area contributed by atoms with E-state index >= 15 is 0 Å². The van der Waals surface area contributed by atoms with Crippen LogP contribution >= 0.6 is 0 Å². The third-order valence-corrected chi connectivity index (χ3v) is 6.55. The van der Waals surface area contributed by atoms with Gasteiger partial charge in [-0.3, -0.25) is 14.5 Å². The molecule has 5 N–H and O–H groups in total. The summed E-state index contributed by atoms with van der Waals surface area (Å²) in [4.78, 5) is 18.8. The predicted molar refractivity (Wildman–Crippen MR) is 151 cm³/mol. The first-order valence-corrected chi connectivity index (χ1v) is 12.6. The summed E-state index contributed by atoms with van der Waals surface area (Å²) in [5.74, 6) is 6.63. The summed E-state index contributed by atoms with van der Waals surface area (Å²) < 4.78 is 21.9. The van der Waals surface area contributed by atoms with E-state index in [0.29, 0.717) is 52.8 Å². The number of nitrogens with zero attached hydrogens (tertiary/aromatic N) is 3. The maximum absolute atomic E-state index is 14.7. The quantitative estimate of drug-likeness (QED) is 0.161. The molecule has 1 aromatic carbocycles. The van der Waals surface area contributed by atoms with Crippen molar-refractivity contribution in [1.82, 2.24) is 19.6 Å². The Bertz CT molecular complexity index is 1400. The Hall–Kier alpha value is -4.11. The number of benzene rings is 1. The van der Waals surface area contributed by atoms with Gasteiger partial charge in [0.05, 0.1) is 31.1 Å². The monoisotopic (exact) mass is 535 g/mol. The second-order valence-corrected chi connectivity index (χ2v) is 9.24. The summed E-state index contributed by atoms with van der Waals surface area (Å²) in [5, 5.41) is 22.1. The van der Waals surface area contributed by atoms with E-state index in [1.165, 1.54) is 6.08 Å². The number of nitrogens with one attached hydrogen (secondary N) is 4. The van der Waals surface area contributed by atoms with Crippen LogP contribution in [0, 0.1) is 11.8 Å². The summed E-state index contributed by atoms with van der Waals surface area (Å²) in [7, 11) is 5.12. The topological polar surface area (TPSA) is 115 Å². The Kier molecular flexibility index (Phi) is 9.03. The number of carbonyl (C=O) groups excluding carboxylic acids is 1. The number of alkyl halides is 1. The molecule has 10 nitrogen and oxygen atoms in total. The zero-order valence-electron chi connectivity index (χ0n) is 22.3. The van der Waals surface area contributed by atoms with Gasteiger partial charge in [-0.1, -0.05) is 18.6 Å². The standard InChI is InChI=1S/C28H34FN7O3/c1-5-25(37)34-27-23(8-6-13-31-21-11-10-18(28(38)30-2)16-24(21)39-4)33-26-22(9-7-14-36(26)27)32-20-12-15-35(3)17-19(20)29/h5,7,9-11,14,16,19-20,28,30-32,38H,1,12-13,15,17H2,2-4H3,(H,34,37)/t19-,20+,28?/m0/s1. The number of methoxy groups -OCH3 is 1. The second kappa shape index (κ2) is 12.6.